The molecule has 13 rings (SSSR count). The van der Waals surface area contributed by atoms with E-state index in [4.69, 9.17) is 4.98 Å². The highest BCUT2D eigenvalue weighted by Gasteiger charge is 2.51. The molecule has 0 fully saturated rings. The highest BCUT2D eigenvalue weighted by atomic mass is 15.1. The quantitative estimate of drug-likeness (QED) is 0.166. The molecule has 2 nitrogen and oxygen atoms in total. The standard InChI is InChI=1S/C58H36N2/c1-12-24-57-38(13-1)33-39(36-59-57)37-25-27-40(28-26-37)60(41-29-31-47-45-16-3-2-14-43(45)44-15-4-5-17-46(44)52(47)34-41)42-30-32-51-50-20-8-11-23-55(50)58(56(51)35-42)53-21-9-6-18-48(53)49-19-7-10-22-54(49)58/h1-36H. The Bertz CT molecular complexity index is 3460. The van der Waals surface area contributed by atoms with Gasteiger partial charge in [0.2, 0.25) is 0 Å². The lowest BCUT2D eigenvalue weighted by Gasteiger charge is -2.32. The number of benzene rings is 10. The lowest BCUT2D eigenvalue weighted by molar-refractivity contribution is 0.793. The molecule has 0 saturated heterocycles. The van der Waals surface area contributed by atoms with E-state index in [1.807, 2.05) is 12.3 Å². The van der Waals surface area contributed by atoms with Gasteiger partial charge in [-0.15, -0.1) is 0 Å². The van der Waals surface area contributed by atoms with Crippen LogP contribution in [0.4, 0.5) is 17.1 Å². The number of anilines is 3. The first-order valence-corrected chi connectivity index (χ1v) is 20.8. The fraction of sp³-hybridized carbons (Fsp3) is 0.0172. The Morgan fingerprint density at radius 3 is 1.42 bits per heavy atom. The lowest BCUT2D eigenvalue weighted by atomic mass is 9.70. The zero-order chi connectivity index (χ0) is 39.4. The van der Waals surface area contributed by atoms with Crippen molar-refractivity contribution in [3.63, 3.8) is 0 Å². The van der Waals surface area contributed by atoms with Gasteiger partial charge in [0.15, 0.2) is 0 Å². The predicted octanol–water partition coefficient (Wildman–Crippen LogP) is 15.2. The number of nitrogens with zero attached hydrogens (tertiary/aromatic N) is 2. The van der Waals surface area contributed by atoms with Gasteiger partial charge in [-0.1, -0.05) is 164 Å². The van der Waals surface area contributed by atoms with Crippen molar-refractivity contribution in [2.45, 2.75) is 5.41 Å². The topological polar surface area (TPSA) is 16.1 Å². The summed E-state index contributed by atoms with van der Waals surface area (Å²) in [5.74, 6) is 0. The monoisotopic (exact) mass is 760 g/mol. The Morgan fingerprint density at radius 2 is 0.783 bits per heavy atom. The van der Waals surface area contributed by atoms with Crippen LogP contribution in [0, 0.1) is 0 Å². The maximum absolute atomic E-state index is 4.79. The minimum atomic E-state index is -0.438. The molecule has 11 aromatic rings. The average Bonchev–Trinajstić information content (AvgIpc) is 3.79. The third-order valence-electron chi connectivity index (χ3n) is 13.3. The summed E-state index contributed by atoms with van der Waals surface area (Å²) >= 11 is 0. The summed E-state index contributed by atoms with van der Waals surface area (Å²) in [6, 6.07) is 78.6. The van der Waals surface area contributed by atoms with Gasteiger partial charge in [0, 0.05) is 34.2 Å². The molecular formula is C58H36N2. The van der Waals surface area contributed by atoms with E-state index in [0.29, 0.717) is 0 Å². The number of hydrogen-bond acceptors (Lipinski definition) is 2. The molecule has 2 aliphatic carbocycles. The van der Waals surface area contributed by atoms with Crippen LogP contribution in [0.3, 0.4) is 0 Å². The van der Waals surface area contributed by atoms with Crippen molar-refractivity contribution in [3.05, 3.63) is 241 Å². The number of hydrogen-bond donors (Lipinski definition) is 0. The largest absolute Gasteiger partial charge is 0.310 e. The van der Waals surface area contributed by atoms with Crippen molar-refractivity contribution in [1.29, 1.82) is 0 Å². The Kier molecular flexibility index (Phi) is 6.97. The van der Waals surface area contributed by atoms with Crippen molar-refractivity contribution >= 4 is 60.3 Å². The third kappa shape index (κ3) is 4.56. The van der Waals surface area contributed by atoms with Crippen molar-refractivity contribution in [2.24, 2.45) is 0 Å². The maximum atomic E-state index is 4.79. The van der Waals surface area contributed by atoms with Gasteiger partial charge in [-0.05, 0) is 131 Å². The minimum Gasteiger partial charge on any atom is -0.310 e. The molecule has 0 bridgehead atoms. The smallest absolute Gasteiger partial charge is 0.0726 e. The molecule has 0 radical (unpaired) electrons. The summed E-state index contributed by atoms with van der Waals surface area (Å²) in [4.78, 5) is 7.25. The van der Waals surface area contributed by atoms with Gasteiger partial charge in [-0.25, -0.2) is 0 Å². The van der Waals surface area contributed by atoms with E-state index in [-0.39, 0.29) is 0 Å². The van der Waals surface area contributed by atoms with Crippen molar-refractivity contribution in [1.82, 2.24) is 4.98 Å². The van der Waals surface area contributed by atoms with Crippen LogP contribution < -0.4 is 4.90 Å². The Balaban J connectivity index is 1.06. The van der Waals surface area contributed by atoms with Gasteiger partial charge in [0.1, 0.15) is 0 Å². The van der Waals surface area contributed by atoms with E-state index in [1.165, 1.54) is 76.8 Å². The molecule has 1 heterocycles. The van der Waals surface area contributed by atoms with Crippen LogP contribution in [-0.4, -0.2) is 4.98 Å². The van der Waals surface area contributed by atoms with Gasteiger partial charge < -0.3 is 4.90 Å². The fourth-order valence-electron chi connectivity index (χ4n) is 10.7. The number of rotatable bonds is 4. The lowest BCUT2D eigenvalue weighted by Crippen LogP contribution is -2.26. The zero-order valence-corrected chi connectivity index (χ0v) is 32.7. The van der Waals surface area contributed by atoms with Gasteiger partial charge >= 0.3 is 0 Å². The van der Waals surface area contributed by atoms with E-state index >= 15 is 0 Å². The van der Waals surface area contributed by atoms with Crippen LogP contribution in [-0.2, 0) is 5.41 Å². The van der Waals surface area contributed by atoms with Crippen molar-refractivity contribution in [3.8, 4) is 33.4 Å². The van der Waals surface area contributed by atoms with Gasteiger partial charge in [0.25, 0.3) is 0 Å². The fourth-order valence-corrected chi connectivity index (χ4v) is 10.7. The van der Waals surface area contributed by atoms with Gasteiger partial charge in [-0.2, -0.15) is 0 Å². The highest BCUT2D eigenvalue weighted by molar-refractivity contribution is 6.25. The molecule has 0 saturated carbocycles. The summed E-state index contributed by atoms with van der Waals surface area (Å²) < 4.78 is 0. The number of fused-ring (bicyclic) bond motifs is 17. The Labute approximate surface area is 348 Å². The molecule has 0 atom stereocenters. The van der Waals surface area contributed by atoms with Crippen LogP contribution in [0.25, 0.3) is 76.6 Å². The van der Waals surface area contributed by atoms with Crippen LogP contribution in [0.2, 0.25) is 0 Å². The normalized spacial score (nSPS) is 13.1. The molecule has 0 aliphatic heterocycles. The minimum absolute atomic E-state index is 0.438. The van der Waals surface area contributed by atoms with E-state index < -0.39 is 5.41 Å². The van der Waals surface area contributed by atoms with Crippen molar-refractivity contribution < 1.29 is 0 Å². The second kappa shape index (κ2) is 12.6. The summed E-state index contributed by atoms with van der Waals surface area (Å²) in [5.41, 5.74) is 16.7. The molecule has 0 N–H and O–H groups in total. The van der Waals surface area contributed by atoms with E-state index in [2.05, 4.69) is 211 Å². The Morgan fingerprint density at radius 1 is 0.317 bits per heavy atom. The first-order chi connectivity index (χ1) is 29.8. The molecule has 60 heavy (non-hydrogen) atoms. The summed E-state index contributed by atoms with van der Waals surface area (Å²) in [5, 5.41) is 8.73. The van der Waals surface area contributed by atoms with Crippen LogP contribution in [0.15, 0.2) is 219 Å². The van der Waals surface area contributed by atoms with Crippen LogP contribution in [0.5, 0.6) is 0 Å². The van der Waals surface area contributed by atoms with Crippen molar-refractivity contribution in [2.75, 3.05) is 4.90 Å². The molecule has 2 aliphatic rings. The molecular weight excluding hydrogens is 725 g/mol. The first-order valence-electron chi connectivity index (χ1n) is 20.8. The van der Waals surface area contributed by atoms with E-state index in [1.54, 1.807) is 0 Å². The summed E-state index contributed by atoms with van der Waals surface area (Å²) in [6.07, 6.45) is 1.99. The molecule has 1 spiro atoms. The number of para-hydroxylation sites is 1. The van der Waals surface area contributed by atoms with E-state index in [9.17, 15) is 0 Å². The second-order valence-electron chi connectivity index (χ2n) is 16.2. The second-order valence-corrected chi connectivity index (χ2v) is 16.2. The average molecular weight is 761 g/mol. The van der Waals surface area contributed by atoms with E-state index in [0.717, 1.165) is 39.1 Å². The molecule has 1 aromatic heterocycles. The third-order valence-corrected chi connectivity index (χ3v) is 13.3. The zero-order valence-electron chi connectivity index (χ0n) is 32.7. The number of pyridine rings is 1. The van der Waals surface area contributed by atoms with Crippen LogP contribution >= 0.6 is 0 Å². The SMILES string of the molecule is c1ccc2c(c1)-c1ccccc1C21c2ccccc2-c2ccc(N(c3ccc(-c4cnc5ccccc5c4)cc3)c3ccc4c5ccccc5c5ccccc5c4c3)cc21. The summed E-state index contributed by atoms with van der Waals surface area (Å²) in [7, 11) is 0. The molecule has 10 aromatic carbocycles. The van der Waals surface area contributed by atoms with Crippen LogP contribution in [0.1, 0.15) is 22.3 Å². The Hall–Kier alpha value is -7.81. The predicted molar refractivity (Wildman–Crippen MR) is 251 cm³/mol. The highest BCUT2D eigenvalue weighted by Crippen LogP contribution is 2.63. The first kappa shape index (κ1) is 33.2. The molecule has 0 amide bonds. The maximum Gasteiger partial charge on any atom is 0.0726 e. The molecule has 278 valence electrons. The van der Waals surface area contributed by atoms with Gasteiger partial charge in [0.05, 0.1) is 10.9 Å². The summed E-state index contributed by atoms with van der Waals surface area (Å²) in [6.45, 7) is 0. The molecule has 2 heteroatoms. The number of aromatic nitrogens is 1. The van der Waals surface area contributed by atoms with Gasteiger partial charge in [-0.3, -0.25) is 4.98 Å². The molecule has 0 unspecified atom stereocenters.